The molecule has 1 heterocycles. The van der Waals surface area contributed by atoms with Crippen LogP contribution in [0.5, 0.6) is 0 Å². The Labute approximate surface area is 158 Å². The lowest BCUT2D eigenvalue weighted by atomic mass is 9.96. The molecule has 1 aliphatic heterocycles. The quantitative estimate of drug-likeness (QED) is 0.813. The van der Waals surface area contributed by atoms with Crippen molar-refractivity contribution in [1.29, 1.82) is 0 Å². The predicted molar refractivity (Wildman–Crippen MR) is 99.3 cm³/mol. The molecule has 2 amide bonds. The Bertz CT molecular complexity index is 659. The molecule has 1 N–H and O–H groups in total. The van der Waals surface area contributed by atoms with Crippen LogP contribution in [0.3, 0.4) is 0 Å². The molecule has 1 aromatic carbocycles. The Kier molecular flexibility index (Phi) is 6.64. The molecule has 1 fully saturated rings. The number of Topliss-reactive ketones (excluding diaryl/α,β-unsaturated/α-hetero) is 1. The van der Waals surface area contributed by atoms with Gasteiger partial charge in [0.05, 0.1) is 6.54 Å². The van der Waals surface area contributed by atoms with E-state index in [1.54, 1.807) is 29.2 Å². The average Bonchev–Trinajstić information content (AvgIpc) is 2.58. The monoisotopic (exact) mass is 380 g/mol. The van der Waals surface area contributed by atoms with Gasteiger partial charge in [-0.25, -0.2) is 4.79 Å². The Morgan fingerprint density at radius 1 is 1.15 bits per heavy atom. The van der Waals surface area contributed by atoms with E-state index >= 15 is 0 Å². The number of ketones is 1. The molecular formula is C19H25ClN2O4. The van der Waals surface area contributed by atoms with Crippen molar-refractivity contribution >= 4 is 29.4 Å². The maximum absolute atomic E-state index is 12.3. The van der Waals surface area contributed by atoms with Gasteiger partial charge in [0.1, 0.15) is 5.60 Å². The van der Waals surface area contributed by atoms with Crippen LogP contribution >= 0.6 is 11.6 Å². The van der Waals surface area contributed by atoms with E-state index in [2.05, 4.69) is 5.32 Å². The van der Waals surface area contributed by atoms with Crippen LogP contribution in [0.2, 0.25) is 5.02 Å². The molecule has 0 aliphatic carbocycles. The Morgan fingerprint density at radius 2 is 1.73 bits per heavy atom. The van der Waals surface area contributed by atoms with E-state index in [0.29, 0.717) is 36.5 Å². The standard InChI is InChI=1S/C19H25ClN2O4/c1-19(2,3)26-18(25)22-10-8-14(9-11-22)17(24)21-12-16(23)13-4-6-15(20)7-5-13/h4-7,14H,8-12H2,1-3H3,(H,21,24). The van der Waals surface area contributed by atoms with Gasteiger partial charge in [-0.15, -0.1) is 0 Å². The van der Waals surface area contributed by atoms with Crippen LogP contribution in [0.15, 0.2) is 24.3 Å². The van der Waals surface area contributed by atoms with Crippen molar-refractivity contribution in [2.75, 3.05) is 19.6 Å². The SMILES string of the molecule is CC(C)(C)OC(=O)N1CCC(C(=O)NCC(=O)c2ccc(Cl)cc2)CC1. The number of rotatable bonds is 4. The molecule has 0 bridgehead atoms. The van der Waals surface area contributed by atoms with Crippen LogP contribution < -0.4 is 5.32 Å². The fourth-order valence-electron chi connectivity index (χ4n) is 2.70. The number of likely N-dealkylation sites (tertiary alicyclic amines) is 1. The number of piperidine rings is 1. The van der Waals surface area contributed by atoms with Gasteiger partial charge in [0.2, 0.25) is 5.91 Å². The Balaban J connectivity index is 1.77. The van der Waals surface area contributed by atoms with Gasteiger partial charge >= 0.3 is 6.09 Å². The number of hydrogen-bond acceptors (Lipinski definition) is 4. The van der Waals surface area contributed by atoms with Crippen LogP contribution in [-0.4, -0.2) is 47.9 Å². The highest BCUT2D eigenvalue weighted by molar-refractivity contribution is 6.30. The molecule has 1 saturated heterocycles. The Morgan fingerprint density at radius 3 is 2.27 bits per heavy atom. The summed E-state index contributed by atoms with van der Waals surface area (Å²) >= 11 is 5.80. The first-order chi connectivity index (χ1) is 12.2. The summed E-state index contributed by atoms with van der Waals surface area (Å²) in [6.45, 7) is 6.36. The van der Waals surface area contributed by atoms with Crippen molar-refractivity contribution in [1.82, 2.24) is 10.2 Å². The molecule has 0 atom stereocenters. The summed E-state index contributed by atoms with van der Waals surface area (Å²) in [5, 5.41) is 3.25. The number of carbonyl (C=O) groups is 3. The average molecular weight is 381 g/mol. The number of amides is 2. The van der Waals surface area contributed by atoms with Gasteiger partial charge < -0.3 is 15.0 Å². The molecule has 0 aromatic heterocycles. The van der Waals surface area contributed by atoms with Crippen LogP contribution in [0, 0.1) is 5.92 Å². The second-order valence-corrected chi connectivity index (χ2v) is 7.83. The summed E-state index contributed by atoms with van der Waals surface area (Å²) in [6, 6.07) is 6.55. The molecular weight excluding hydrogens is 356 g/mol. The first-order valence-corrected chi connectivity index (χ1v) is 9.08. The summed E-state index contributed by atoms with van der Waals surface area (Å²) in [5.41, 5.74) is -0.0256. The van der Waals surface area contributed by atoms with E-state index in [-0.39, 0.29) is 30.2 Å². The van der Waals surface area contributed by atoms with E-state index in [4.69, 9.17) is 16.3 Å². The molecule has 26 heavy (non-hydrogen) atoms. The minimum Gasteiger partial charge on any atom is -0.444 e. The largest absolute Gasteiger partial charge is 0.444 e. The highest BCUT2D eigenvalue weighted by atomic mass is 35.5. The van der Waals surface area contributed by atoms with Crippen LogP contribution in [0.1, 0.15) is 44.0 Å². The number of benzene rings is 1. The molecule has 0 spiro atoms. The number of carbonyl (C=O) groups excluding carboxylic acids is 3. The number of nitrogens with zero attached hydrogens (tertiary/aromatic N) is 1. The molecule has 6 nitrogen and oxygen atoms in total. The summed E-state index contributed by atoms with van der Waals surface area (Å²) in [5.74, 6) is -0.524. The normalized spacial score (nSPS) is 15.5. The topological polar surface area (TPSA) is 75.7 Å². The summed E-state index contributed by atoms with van der Waals surface area (Å²) < 4.78 is 5.34. The number of hydrogen-bond donors (Lipinski definition) is 1. The number of halogens is 1. The zero-order valence-corrected chi connectivity index (χ0v) is 16.1. The maximum Gasteiger partial charge on any atom is 0.410 e. The highest BCUT2D eigenvalue weighted by Gasteiger charge is 2.30. The summed E-state index contributed by atoms with van der Waals surface area (Å²) in [6.07, 6.45) is 0.759. The fourth-order valence-corrected chi connectivity index (χ4v) is 2.83. The first kappa shape index (κ1) is 20.2. The van der Waals surface area contributed by atoms with Crippen molar-refractivity contribution in [2.24, 2.45) is 5.92 Å². The van der Waals surface area contributed by atoms with Crippen LogP contribution in [0.25, 0.3) is 0 Å². The van der Waals surface area contributed by atoms with Gasteiger partial charge in [-0.1, -0.05) is 11.6 Å². The molecule has 1 aliphatic rings. The minimum absolute atomic E-state index is 0.0489. The second kappa shape index (κ2) is 8.54. The molecule has 0 unspecified atom stereocenters. The molecule has 0 saturated carbocycles. The van der Waals surface area contributed by atoms with Crippen molar-refractivity contribution in [3.05, 3.63) is 34.9 Å². The van der Waals surface area contributed by atoms with Gasteiger partial charge in [0, 0.05) is 29.6 Å². The Hall–Kier alpha value is -2.08. The number of ether oxygens (including phenoxy) is 1. The molecule has 2 rings (SSSR count). The van der Waals surface area contributed by atoms with Crippen LogP contribution in [0.4, 0.5) is 4.79 Å². The second-order valence-electron chi connectivity index (χ2n) is 7.39. The molecule has 142 valence electrons. The molecule has 0 radical (unpaired) electrons. The van der Waals surface area contributed by atoms with E-state index in [9.17, 15) is 14.4 Å². The van der Waals surface area contributed by atoms with E-state index < -0.39 is 5.60 Å². The predicted octanol–water partition coefficient (Wildman–Crippen LogP) is 3.29. The van der Waals surface area contributed by atoms with Crippen molar-refractivity contribution < 1.29 is 19.1 Å². The van der Waals surface area contributed by atoms with Crippen LogP contribution in [-0.2, 0) is 9.53 Å². The third kappa shape index (κ3) is 6.02. The maximum atomic E-state index is 12.3. The van der Waals surface area contributed by atoms with Gasteiger partial charge in [-0.05, 0) is 57.9 Å². The minimum atomic E-state index is -0.534. The van der Waals surface area contributed by atoms with Gasteiger partial charge in [0.25, 0.3) is 0 Å². The van der Waals surface area contributed by atoms with Crippen molar-refractivity contribution in [2.45, 2.75) is 39.2 Å². The third-order valence-corrected chi connectivity index (χ3v) is 4.36. The summed E-state index contributed by atoms with van der Waals surface area (Å²) in [7, 11) is 0. The lowest BCUT2D eigenvalue weighted by molar-refractivity contribution is -0.126. The van der Waals surface area contributed by atoms with Gasteiger partial charge in [-0.3, -0.25) is 9.59 Å². The first-order valence-electron chi connectivity index (χ1n) is 8.70. The zero-order valence-electron chi connectivity index (χ0n) is 15.4. The van der Waals surface area contributed by atoms with E-state index in [1.165, 1.54) is 0 Å². The zero-order chi connectivity index (χ0) is 19.3. The molecule has 1 aromatic rings. The van der Waals surface area contributed by atoms with Gasteiger partial charge in [-0.2, -0.15) is 0 Å². The van der Waals surface area contributed by atoms with Crippen molar-refractivity contribution in [3.63, 3.8) is 0 Å². The smallest absolute Gasteiger partial charge is 0.410 e. The molecule has 7 heteroatoms. The van der Waals surface area contributed by atoms with Crippen molar-refractivity contribution in [3.8, 4) is 0 Å². The van der Waals surface area contributed by atoms with Gasteiger partial charge in [0.15, 0.2) is 5.78 Å². The third-order valence-electron chi connectivity index (χ3n) is 4.11. The summed E-state index contributed by atoms with van der Waals surface area (Å²) in [4.78, 5) is 38.0. The van der Waals surface area contributed by atoms with E-state index in [0.717, 1.165) is 0 Å². The van der Waals surface area contributed by atoms with E-state index in [1.807, 2.05) is 20.8 Å². The number of nitrogens with one attached hydrogen (secondary N) is 1. The fraction of sp³-hybridized carbons (Fsp3) is 0.526. The lowest BCUT2D eigenvalue weighted by Gasteiger charge is -2.32. The lowest BCUT2D eigenvalue weighted by Crippen LogP contribution is -2.45. The highest BCUT2D eigenvalue weighted by Crippen LogP contribution is 2.20.